The van der Waals surface area contributed by atoms with E-state index in [0.29, 0.717) is 30.5 Å². The number of guanidine groups is 1. The molecule has 0 saturated carbocycles. The Morgan fingerprint density at radius 2 is 1.52 bits per heavy atom. The molecule has 166 valence electrons. The van der Waals surface area contributed by atoms with Crippen molar-refractivity contribution < 1.29 is 14.3 Å². The number of piperidine rings is 1. The Hall–Kier alpha value is -3.22. The summed E-state index contributed by atoms with van der Waals surface area (Å²) in [5.74, 6) is 2.23. The molecule has 31 heavy (non-hydrogen) atoms. The second-order valence-corrected chi connectivity index (χ2v) is 7.52. The van der Waals surface area contributed by atoms with E-state index in [-0.39, 0.29) is 5.91 Å². The summed E-state index contributed by atoms with van der Waals surface area (Å²) in [6.07, 6.45) is 3.42. The summed E-state index contributed by atoms with van der Waals surface area (Å²) in [7, 11) is 4.99. The third-order valence-corrected chi connectivity index (χ3v) is 5.44. The van der Waals surface area contributed by atoms with Crippen LogP contribution in [0.25, 0.3) is 0 Å². The van der Waals surface area contributed by atoms with Gasteiger partial charge in [-0.1, -0.05) is 18.2 Å². The van der Waals surface area contributed by atoms with Crippen molar-refractivity contribution in [3.05, 3.63) is 59.2 Å². The lowest BCUT2D eigenvalue weighted by molar-refractivity contribution is 0.0724. The Morgan fingerprint density at radius 1 is 0.903 bits per heavy atom. The van der Waals surface area contributed by atoms with Crippen LogP contribution in [0.2, 0.25) is 0 Å². The van der Waals surface area contributed by atoms with Crippen LogP contribution < -0.4 is 20.1 Å². The van der Waals surface area contributed by atoms with Crippen molar-refractivity contribution in [2.75, 3.05) is 34.4 Å². The summed E-state index contributed by atoms with van der Waals surface area (Å²) in [5, 5.41) is 6.61. The van der Waals surface area contributed by atoms with E-state index in [1.54, 1.807) is 21.3 Å². The molecule has 0 aliphatic carbocycles. The molecule has 0 atom stereocenters. The van der Waals surface area contributed by atoms with Crippen LogP contribution in [0.4, 0.5) is 0 Å². The molecule has 7 nitrogen and oxygen atoms in total. The second-order valence-electron chi connectivity index (χ2n) is 7.52. The number of hydrogen-bond acceptors (Lipinski definition) is 4. The summed E-state index contributed by atoms with van der Waals surface area (Å²) in [6, 6.07) is 13.6. The van der Waals surface area contributed by atoms with E-state index in [1.165, 1.54) is 6.42 Å². The summed E-state index contributed by atoms with van der Waals surface area (Å²) in [5.41, 5.74) is 2.90. The molecular formula is C24H32N4O3. The number of hydrogen-bond donors (Lipinski definition) is 2. The summed E-state index contributed by atoms with van der Waals surface area (Å²) < 4.78 is 10.6. The number of benzene rings is 2. The number of likely N-dealkylation sites (tertiary alicyclic amines) is 1. The van der Waals surface area contributed by atoms with E-state index < -0.39 is 0 Å². The Bertz CT molecular complexity index is 890. The molecule has 1 aliphatic heterocycles. The molecule has 1 fully saturated rings. The molecular weight excluding hydrogens is 392 g/mol. The molecule has 7 heteroatoms. The Morgan fingerprint density at radius 3 is 2.13 bits per heavy atom. The number of ether oxygens (including phenoxy) is 2. The number of methoxy groups -OCH3 is 2. The van der Waals surface area contributed by atoms with Crippen molar-refractivity contribution >= 4 is 11.9 Å². The first-order chi connectivity index (χ1) is 15.1. The number of carbonyl (C=O) groups excluding carboxylic acids is 1. The Kier molecular flexibility index (Phi) is 8.15. The highest BCUT2D eigenvalue weighted by molar-refractivity contribution is 5.94. The van der Waals surface area contributed by atoms with E-state index in [9.17, 15) is 4.79 Å². The minimum atomic E-state index is 0.131. The lowest BCUT2D eigenvalue weighted by Crippen LogP contribution is -2.36. The van der Waals surface area contributed by atoms with Crippen molar-refractivity contribution in [2.45, 2.75) is 32.4 Å². The quantitative estimate of drug-likeness (QED) is 0.527. The van der Waals surface area contributed by atoms with Crippen LogP contribution in [0, 0.1) is 0 Å². The van der Waals surface area contributed by atoms with Crippen LogP contribution in [-0.4, -0.2) is 51.1 Å². The van der Waals surface area contributed by atoms with Gasteiger partial charge in [-0.25, -0.2) is 0 Å². The number of nitrogens with one attached hydrogen (secondary N) is 2. The first-order valence-corrected chi connectivity index (χ1v) is 10.7. The maximum atomic E-state index is 12.6. The van der Waals surface area contributed by atoms with Crippen LogP contribution in [0.1, 0.15) is 40.7 Å². The minimum absolute atomic E-state index is 0.131. The maximum absolute atomic E-state index is 12.6. The fraction of sp³-hybridized carbons (Fsp3) is 0.417. The van der Waals surface area contributed by atoms with Crippen LogP contribution in [-0.2, 0) is 13.1 Å². The average molecular weight is 425 g/mol. The SMILES string of the molecule is CN=C(NCc1ccc(C(=O)N2CCCCC2)cc1)NCc1ccc(OC)c(OC)c1. The van der Waals surface area contributed by atoms with Gasteiger partial charge < -0.3 is 25.0 Å². The molecule has 0 bridgehead atoms. The number of amides is 1. The van der Waals surface area contributed by atoms with Gasteiger partial charge in [-0.3, -0.25) is 9.79 Å². The number of rotatable bonds is 7. The highest BCUT2D eigenvalue weighted by Crippen LogP contribution is 2.27. The van der Waals surface area contributed by atoms with Crippen LogP contribution in [0.5, 0.6) is 11.5 Å². The number of carbonyl (C=O) groups is 1. The monoisotopic (exact) mass is 424 g/mol. The minimum Gasteiger partial charge on any atom is -0.493 e. The van der Waals surface area contributed by atoms with Gasteiger partial charge in [0.2, 0.25) is 0 Å². The zero-order valence-electron chi connectivity index (χ0n) is 18.6. The van der Waals surface area contributed by atoms with Gasteiger partial charge in [0.05, 0.1) is 14.2 Å². The fourth-order valence-corrected chi connectivity index (χ4v) is 3.63. The smallest absolute Gasteiger partial charge is 0.253 e. The van der Waals surface area contributed by atoms with E-state index in [0.717, 1.165) is 42.6 Å². The van der Waals surface area contributed by atoms with Gasteiger partial charge >= 0.3 is 0 Å². The van der Waals surface area contributed by atoms with Gasteiger partial charge in [0, 0.05) is 38.8 Å². The lowest BCUT2D eigenvalue weighted by atomic mass is 10.1. The maximum Gasteiger partial charge on any atom is 0.253 e. The largest absolute Gasteiger partial charge is 0.493 e. The van der Waals surface area contributed by atoms with Crippen LogP contribution >= 0.6 is 0 Å². The van der Waals surface area contributed by atoms with E-state index in [2.05, 4.69) is 15.6 Å². The molecule has 0 aromatic heterocycles. The topological polar surface area (TPSA) is 75.2 Å². The zero-order valence-corrected chi connectivity index (χ0v) is 18.6. The van der Waals surface area contributed by atoms with Crippen LogP contribution in [0.15, 0.2) is 47.5 Å². The summed E-state index contributed by atoms with van der Waals surface area (Å²) in [6.45, 7) is 2.95. The Balaban J connectivity index is 1.50. The molecule has 0 unspecified atom stereocenters. The summed E-state index contributed by atoms with van der Waals surface area (Å²) in [4.78, 5) is 18.8. The first kappa shape index (κ1) is 22.5. The molecule has 1 heterocycles. The highest BCUT2D eigenvalue weighted by Gasteiger charge is 2.17. The first-order valence-electron chi connectivity index (χ1n) is 10.7. The van der Waals surface area contributed by atoms with Crippen molar-refractivity contribution in [3.63, 3.8) is 0 Å². The average Bonchev–Trinajstić information content (AvgIpc) is 2.84. The molecule has 0 radical (unpaired) electrons. The standard InChI is InChI=1S/C24H32N4O3/c1-25-24(27-17-19-9-12-21(30-2)22(15-19)31-3)26-16-18-7-10-20(11-8-18)23(29)28-13-5-4-6-14-28/h7-12,15H,4-6,13-14,16-17H2,1-3H3,(H2,25,26,27). The zero-order chi connectivity index (χ0) is 22.1. The van der Waals surface area contributed by atoms with E-state index in [4.69, 9.17) is 9.47 Å². The van der Waals surface area contributed by atoms with Gasteiger partial charge in [-0.2, -0.15) is 0 Å². The fourth-order valence-electron chi connectivity index (χ4n) is 3.63. The molecule has 1 saturated heterocycles. The third-order valence-electron chi connectivity index (χ3n) is 5.44. The predicted molar refractivity (Wildman–Crippen MR) is 123 cm³/mol. The molecule has 2 aromatic rings. The normalized spacial score (nSPS) is 14.2. The predicted octanol–water partition coefficient (Wildman–Crippen LogP) is 3.20. The second kappa shape index (κ2) is 11.2. The highest BCUT2D eigenvalue weighted by atomic mass is 16.5. The molecule has 1 amide bonds. The number of aliphatic imine (C=N–C) groups is 1. The van der Waals surface area contributed by atoms with E-state index in [1.807, 2.05) is 47.4 Å². The van der Waals surface area contributed by atoms with Gasteiger partial charge in [0.25, 0.3) is 5.91 Å². The number of nitrogens with zero attached hydrogens (tertiary/aromatic N) is 2. The van der Waals surface area contributed by atoms with E-state index >= 15 is 0 Å². The van der Waals surface area contributed by atoms with Crippen molar-refractivity contribution in [1.82, 2.24) is 15.5 Å². The van der Waals surface area contributed by atoms with Gasteiger partial charge in [0.15, 0.2) is 17.5 Å². The molecule has 3 rings (SSSR count). The van der Waals surface area contributed by atoms with Gasteiger partial charge in [0.1, 0.15) is 0 Å². The molecule has 2 N–H and O–H groups in total. The third kappa shape index (κ3) is 6.13. The van der Waals surface area contributed by atoms with Crippen LogP contribution in [0.3, 0.4) is 0 Å². The molecule has 2 aromatic carbocycles. The molecule has 0 spiro atoms. The summed E-state index contributed by atoms with van der Waals surface area (Å²) >= 11 is 0. The van der Waals surface area contributed by atoms with Gasteiger partial charge in [-0.05, 0) is 54.7 Å². The molecule has 1 aliphatic rings. The lowest BCUT2D eigenvalue weighted by Gasteiger charge is -2.26. The van der Waals surface area contributed by atoms with Crippen molar-refractivity contribution in [2.24, 2.45) is 4.99 Å². The van der Waals surface area contributed by atoms with Crippen molar-refractivity contribution in [3.8, 4) is 11.5 Å². The van der Waals surface area contributed by atoms with Gasteiger partial charge in [-0.15, -0.1) is 0 Å². The van der Waals surface area contributed by atoms with Crippen molar-refractivity contribution in [1.29, 1.82) is 0 Å². The Labute approximate surface area is 184 Å².